The van der Waals surface area contributed by atoms with Crippen LogP contribution in [-0.2, 0) is 9.31 Å². The molecule has 1 aromatic carbocycles. The Kier molecular flexibility index (Phi) is 7.65. The van der Waals surface area contributed by atoms with Crippen LogP contribution in [0.4, 0.5) is 0 Å². The van der Waals surface area contributed by atoms with Gasteiger partial charge in [0, 0.05) is 0 Å². The summed E-state index contributed by atoms with van der Waals surface area (Å²) in [6.45, 7) is 33.4. The second-order valence-electron chi connectivity index (χ2n) is 13.7. The predicted molar refractivity (Wildman–Crippen MR) is 145 cm³/mol. The first kappa shape index (κ1) is 28.0. The number of hydrogen-bond acceptors (Lipinski definition) is 2. The summed E-state index contributed by atoms with van der Waals surface area (Å²) < 4.78 is 15.6. The zero-order valence-electron chi connectivity index (χ0n) is 23.5. The molecule has 1 fully saturated rings. The average molecular weight is 547 g/mol. The van der Waals surface area contributed by atoms with Crippen molar-refractivity contribution in [2.45, 2.75) is 125 Å². The molecule has 1 aromatic rings. The molecule has 0 atom stereocenters. The van der Waals surface area contributed by atoms with E-state index in [9.17, 15) is 0 Å². The second-order valence-corrected chi connectivity index (χ2v) is 32.3. The van der Waals surface area contributed by atoms with Gasteiger partial charge in [0.05, 0.1) is 0 Å². The molecule has 0 saturated carbocycles. The molecule has 1 heterocycles. The van der Waals surface area contributed by atoms with Gasteiger partial charge in [0.1, 0.15) is 0 Å². The van der Waals surface area contributed by atoms with Gasteiger partial charge in [0.25, 0.3) is 0 Å². The van der Waals surface area contributed by atoms with E-state index in [0.29, 0.717) is 0 Å². The third-order valence-electron chi connectivity index (χ3n) is 8.05. The molecule has 0 amide bonds. The van der Waals surface area contributed by atoms with Crippen molar-refractivity contribution in [2.24, 2.45) is 0 Å². The fourth-order valence-electron chi connectivity index (χ4n) is 7.19. The van der Waals surface area contributed by atoms with E-state index >= 15 is 0 Å². The van der Waals surface area contributed by atoms with E-state index in [1.54, 1.807) is 3.59 Å². The van der Waals surface area contributed by atoms with Crippen LogP contribution >= 0.6 is 0 Å². The van der Waals surface area contributed by atoms with Crippen LogP contribution in [0.1, 0.15) is 109 Å². The molecule has 32 heavy (non-hydrogen) atoms. The predicted octanol–water partition coefficient (Wildman–Crippen LogP) is 8.87. The first-order chi connectivity index (χ1) is 14.2. The molecule has 0 unspecified atom stereocenters. The van der Waals surface area contributed by atoms with E-state index in [0.717, 1.165) is 6.42 Å². The van der Waals surface area contributed by atoms with Crippen LogP contribution < -0.4 is 0 Å². The first-order valence-corrected chi connectivity index (χ1v) is 18.1. The molecule has 2 nitrogen and oxygen atoms in total. The summed E-state index contributed by atoms with van der Waals surface area (Å²) in [6, 6.07) is 11.2. The molecule has 0 aromatic heterocycles. The van der Waals surface area contributed by atoms with Gasteiger partial charge >= 0.3 is 205 Å². The van der Waals surface area contributed by atoms with Gasteiger partial charge in [0.2, 0.25) is 0 Å². The third kappa shape index (κ3) is 4.52. The molecule has 0 aliphatic carbocycles. The maximum atomic E-state index is 6.71. The standard InChI is InChI=1S/C16H22BO2.3C4H9.Sn/c1-6-14(12-13-10-8-7-9-11-13)17-18-15(2,3)16(4,5)19-17;3*1-4(2)3;/h7-11H,6H2,1-5H3;3*1-3H3;. The van der Waals surface area contributed by atoms with Crippen molar-refractivity contribution in [1.29, 1.82) is 0 Å². The van der Waals surface area contributed by atoms with Gasteiger partial charge in [-0.15, -0.1) is 0 Å². The monoisotopic (exact) mass is 548 g/mol. The maximum absolute atomic E-state index is 6.71. The first-order valence-electron chi connectivity index (χ1n) is 12.4. The van der Waals surface area contributed by atoms with E-state index < -0.39 is 18.4 Å². The topological polar surface area (TPSA) is 18.5 Å². The zero-order chi connectivity index (χ0) is 25.0. The van der Waals surface area contributed by atoms with Gasteiger partial charge in [-0.1, -0.05) is 0 Å². The van der Waals surface area contributed by atoms with E-state index in [4.69, 9.17) is 9.31 Å². The van der Waals surface area contributed by atoms with Crippen molar-refractivity contribution < 1.29 is 9.31 Å². The SMILES string of the molecule is CC/C(B1OC(C)(C)C(C)(C)O1)=[C](\c1ccccc1)[Sn]([C](C)(C)C)([C](C)(C)C)[C](C)(C)C. The molecular weight excluding hydrogens is 498 g/mol. The van der Waals surface area contributed by atoms with Gasteiger partial charge in [-0.05, 0) is 0 Å². The van der Waals surface area contributed by atoms with E-state index in [-0.39, 0.29) is 28.6 Å². The summed E-state index contributed by atoms with van der Waals surface area (Å²) in [5.74, 6) is 0. The summed E-state index contributed by atoms with van der Waals surface area (Å²) in [5.41, 5.74) is 2.05. The molecule has 2 rings (SSSR count). The molecule has 0 radical (unpaired) electrons. The van der Waals surface area contributed by atoms with Crippen molar-refractivity contribution >= 4 is 29.1 Å². The summed E-state index contributed by atoms with van der Waals surface area (Å²) in [5, 5.41) is 0. The molecular formula is C28H49BO2Sn. The summed E-state index contributed by atoms with van der Waals surface area (Å²) in [6.07, 6.45) is 0.933. The number of rotatable bonds is 4. The van der Waals surface area contributed by atoms with Crippen LogP contribution in [-0.4, -0.2) is 36.7 Å². The van der Waals surface area contributed by atoms with Crippen molar-refractivity contribution in [3.05, 3.63) is 41.4 Å². The Balaban J connectivity index is 3.07. The quantitative estimate of drug-likeness (QED) is 0.351. The van der Waals surface area contributed by atoms with Crippen LogP contribution in [0.15, 0.2) is 35.8 Å². The van der Waals surface area contributed by atoms with Crippen LogP contribution in [0.5, 0.6) is 0 Å². The number of allylic oxidation sites excluding steroid dienone is 1. The van der Waals surface area contributed by atoms with Crippen molar-refractivity contribution in [3.8, 4) is 0 Å². The number of benzene rings is 1. The third-order valence-corrected chi connectivity index (χ3v) is 31.2. The minimum atomic E-state index is -3.39. The molecule has 0 bridgehead atoms. The minimum absolute atomic E-state index is 0.195. The van der Waals surface area contributed by atoms with E-state index in [1.165, 1.54) is 11.0 Å². The van der Waals surface area contributed by atoms with E-state index in [1.807, 2.05) is 0 Å². The summed E-state index contributed by atoms with van der Waals surface area (Å²) >= 11 is -3.39. The molecule has 1 aliphatic heterocycles. The van der Waals surface area contributed by atoms with Gasteiger partial charge < -0.3 is 0 Å². The van der Waals surface area contributed by atoms with Crippen LogP contribution in [0, 0.1) is 0 Å². The molecule has 4 heteroatoms. The average Bonchev–Trinajstić information content (AvgIpc) is 2.79. The Hall–Kier alpha value is -0.256. The Morgan fingerprint density at radius 3 is 1.44 bits per heavy atom. The summed E-state index contributed by atoms with van der Waals surface area (Å²) in [7, 11) is -0.302. The molecule has 0 N–H and O–H groups in total. The molecule has 180 valence electrons. The second kappa shape index (κ2) is 8.75. The van der Waals surface area contributed by atoms with Gasteiger partial charge in [-0.3, -0.25) is 0 Å². The Morgan fingerprint density at radius 2 is 1.12 bits per heavy atom. The van der Waals surface area contributed by atoms with Gasteiger partial charge in [-0.25, -0.2) is 0 Å². The van der Waals surface area contributed by atoms with E-state index in [2.05, 4.69) is 127 Å². The molecule has 0 spiro atoms. The normalized spacial score (nSPS) is 20.4. The van der Waals surface area contributed by atoms with Crippen LogP contribution in [0.2, 0.25) is 10.3 Å². The zero-order valence-corrected chi connectivity index (χ0v) is 26.3. The fourth-order valence-corrected chi connectivity index (χ4v) is 36.8. The van der Waals surface area contributed by atoms with Crippen molar-refractivity contribution in [1.82, 2.24) is 0 Å². The van der Waals surface area contributed by atoms with Gasteiger partial charge in [-0.2, -0.15) is 0 Å². The van der Waals surface area contributed by atoms with Crippen molar-refractivity contribution in [3.63, 3.8) is 0 Å². The Bertz CT molecular complexity index is 781. The Labute approximate surface area is 204 Å². The van der Waals surface area contributed by atoms with Crippen molar-refractivity contribution in [2.75, 3.05) is 0 Å². The Morgan fingerprint density at radius 1 is 0.750 bits per heavy atom. The van der Waals surface area contributed by atoms with Crippen LogP contribution in [0.25, 0.3) is 3.59 Å². The van der Waals surface area contributed by atoms with Gasteiger partial charge in [0.15, 0.2) is 0 Å². The molecule has 1 aliphatic rings. The fraction of sp³-hybridized carbons (Fsp3) is 0.714. The van der Waals surface area contributed by atoms with Crippen LogP contribution in [0.3, 0.4) is 0 Å². The molecule has 1 saturated heterocycles. The number of hydrogen-bond donors (Lipinski definition) is 0. The summed E-state index contributed by atoms with van der Waals surface area (Å²) in [4.78, 5) is 0.